The van der Waals surface area contributed by atoms with Crippen molar-refractivity contribution in [2.45, 2.75) is 26.4 Å². The predicted octanol–water partition coefficient (Wildman–Crippen LogP) is 1.15. The Morgan fingerprint density at radius 2 is 2.29 bits per heavy atom. The van der Waals surface area contributed by atoms with E-state index >= 15 is 0 Å². The predicted molar refractivity (Wildman–Crippen MR) is 92.1 cm³/mol. The highest BCUT2D eigenvalue weighted by atomic mass is 16.5. The standard InChI is InChI=1S/C17H27N5O2/c1-13(2)11-21-8-9-24-14(12-21)4-5-18-16(23)15-10-19-22-7-6-20(3)17(15)22/h6-7,10,13-14H,4-5,8-9,11-12H2,1-3H3,(H,18,23)/t14-/m1/s1. The van der Waals surface area contributed by atoms with Gasteiger partial charge in [-0.15, -0.1) is 0 Å². The fraction of sp³-hybridized carbons (Fsp3) is 0.647. The van der Waals surface area contributed by atoms with Crippen molar-refractivity contribution in [1.29, 1.82) is 0 Å². The van der Waals surface area contributed by atoms with Crippen molar-refractivity contribution >= 4 is 11.6 Å². The molecule has 1 atom stereocenters. The minimum Gasteiger partial charge on any atom is -0.375 e. The van der Waals surface area contributed by atoms with Crippen LogP contribution in [0.4, 0.5) is 0 Å². The molecule has 1 N–H and O–H groups in total. The average molecular weight is 333 g/mol. The second-order valence-electron chi connectivity index (χ2n) is 6.93. The van der Waals surface area contributed by atoms with Crippen LogP contribution >= 0.6 is 0 Å². The minimum atomic E-state index is -0.0818. The Labute approximate surface area is 142 Å². The highest BCUT2D eigenvalue weighted by Crippen LogP contribution is 2.12. The third-order valence-electron chi connectivity index (χ3n) is 4.38. The molecule has 0 aliphatic carbocycles. The molecular weight excluding hydrogens is 306 g/mol. The van der Waals surface area contributed by atoms with E-state index in [1.165, 1.54) is 0 Å². The summed E-state index contributed by atoms with van der Waals surface area (Å²) in [4.78, 5) is 14.8. The average Bonchev–Trinajstić information content (AvgIpc) is 3.10. The van der Waals surface area contributed by atoms with Crippen LogP contribution in [0.25, 0.3) is 5.65 Å². The van der Waals surface area contributed by atoms with Gasteiger partial charge in [0.15, 0.2) is 0 Å². The van der Waals surface area contributed by atoms with Crippen molar-refractivity contribution in [3.63, 3.8) is 0 Å². The molecule has 24 heavy (non-hydrogen) atoms. The molecule has 0 radical (unpaired) electrons. The van der Waals surface area contributed by atoms with E-state index in [9.17, 15) is 4.79 Å². The third-order valence-corrected chi connectivity index (χ3v) is 4.38. The molecule has 0 aromatic carbocycles. The molecule has 1 saturated heterocycles. The first kappa shape index (κ1) is 17.0. The van der Waals surface area contributed by atoms with Crippen LogP contribution in [-0.2, 0) is 11.8 Å². The summed E-state index contributed by atoms with van der Waals surface area (Å²) in [5, 5.41) is 7.19. The van der Waals surface area contributed by atoms with E-state index in [0.29, 0.717) is 18.0 Å². The molecule has 2 aromatic rings. The maximum absolute atomic E-state index is 12.4. The van der Waals surface area contributed by atoms with Crippen molar-refractivity contribution in [2.24, 2.45) is 13.0 Å². The van der Waals surface area contributed by atoms with Gasteiger partial charge in [-0.25, -0.2) is 4.52 Å². The number of amides is 1. The highest BCUT2D eigenvalue weighted by molar-refractivity contribution is 5.99. The molecule has 3 rings (SSSR count). The van der Waals surface area contributed by atoms with Crippen LogP contribution in [0.5, 0.6) is 0 Å². The lowest BCUT2D eigenvalue weighted by Gasteiger charge is -2.34. The van der Waals surface area contributed by atoms with Crippen molar-refractivity contribution in [3.05, 3.63) is 24.2 Å². The van der Waals surface area contributed by atoms with Crippen molar-refractivity contribution in [3.8, 4) is 0 Å². The second-order valence-corrected chi connectivity index (χ2v) is 6.93. The first-order chi connectivity index (χ1) is 11.5. The van der Waals surface area contributed by atoms with Gasteiger partial charge < -0.3 is 14.6 Å². The molecular formula is C17H27N5O2. The summed E-state index contributed by atoms with van der Waals surface area (Å²) in [6.45, 7) is 8.92. The van der Waals surface area contributed by atoms with Crippen molar-refractivity contribution in [2.75, 3.05) is 32.8 Å². The Kier molecular flexibility index (Phi) is 5.20. The number of morpholine rings is 1. The van der Waals surface area contributed by atoms with E-state index in [1.807, 2.05) is 24.0 Å². The largest absolute Gasteiger partial charge is 0.375 e. The molecule has 1 aliphatic rings. The van der Waals surface area contributed by atoms with Gasteiger partial charge in [0.2, 0.25) is 0 Å². The quantitative estimate of drug-likeness (QED) is 0.861. The number of carbonyl (C=O) groups excluding carboxylic acids is 1. The van der Waals surface area contributed by atoms with Crippen LogP contribution in [0.1, 0.15) is 30.6 Å². The fourth-order valence-electron chi connectivity index (χ4n) is 3.29. The monoisotopic (exact) mass is 333 g/mol. The normalized spacial score (nSPS) is 19.2. The summed E-state index contributed by atoms with van der Waals surface area (Å²) < 4.78 is 9.44. The van der Waals surface area contributed by atoms with Gasteiger partial charge in [0.1, 0.15) is 11.2 Å². The Hall–Kier alpha value is -1.86. The van der Waals surface area contributed by atoms with Crippen molar-refractivity contribution < 1.29 is 9.53 Å². The van der Waals surface area contributed by atoms with Gasteiger partial charge in [-0.2, -0.15) is 5.10 Å². The Balaban J connectivity index is 1.49. The Bertz CT molecular complexity index is 690. The molecule has 0 bridgehead atoms. The van der Waals surface area contributed by atoms with E-state index in [-0.39, 0.29) is 12.0 Å². The van der Waals surface area contributed by atoms with Crippen LogP contribution in [0.2, 0.25) is 0 Å². The van der Waals surface area contributed by atoms with E-state index in [0.717, 1.165) is 38.3 Å². The maximum atomic E-state index is 12.4. The van der Waals surface area contributed by atoms with E-state index < -0.39 is 0 Å². The Morgan fingerprint density at radius 1 is 1.46 bits per heavy atom. The van der Waals surface area contributed by atoms with E-state index in [4.69, 9.17) is 4.74 Å². The summed E-state index contributed by atoms with van der Waals surface area (Å²) >= 11 is 0. The smallest absolute Gasteiger partial charge is 0.256 e. The SMILES string of the molecule is CC(C)CN1CCO[C@H](CCNC(=O)c2cnn3ccn(C)c23)C1. The lowest BCUT2D eigenvalue weighted by atomic mass is 10.1. The number of imidazole rings is 1. The van der Waals surface area contributed by atoms with Gasteiger partial charge in [0, 0.05) is 45.6 Å². The molecule has 1 amide bonds. The molecule has 7 heteroatoms. The molecule has 1 fully saturated rings. The fourth-order valence-corrected chi connectivity index (χ4v) is 3.29. The van der Waals surface area contributed by atoms with Gasteiger partial charge >= 0.3 is 0 Å². The van der Waals surface area contributed by atoms with Crippen LogP contribution < -0.4 is 5.32 Å². The molecule has 7 nitrogen and oxygen atoms in total. The number of ether oxygens (including phenoxy) is 1. The number of aromatic nitrogens is 3. The summed E-state index contributed by atoms with van der Waals surface area (Å²) in [5.41, 5.74) is 1.41. The van der Waals surface area contributed by atoms with Gasteiger partial charge in [-0.3, -0.25) is 9.69 Å². The number of nitrogens with one attached hydrogen (secondary N) is 1. The van der Waals surface area contributed by atoms with Crippen LogP contribution in [0.15, 0.2) is 18.6 Å². The van der Waals surface area contributed by atoms with E-state index in [1.54, 1.807) is 10.7 Å². The number of rotatable bonds is 6. The molecule has 0 spiro atoms. The molecule has 3 heterocycles. The van der Waals surface area contributed by atoms with Crippen molar-refractivity contribution in [1.82, 2.24) is 24.4 Å². The number of hydrogen-bond donors (Lipinski definition) is 1. The van der Waals surface area contributed by atoms with E-state index in [2.05, 4.69) is 29.2 Å². The zero-order valence-electron chi connectivity index (χ0n) is 14.7. The number of hydrogen-bond acceptors (Lipinski definition) is 4. The second kappa shape index (κ2) is 7.36. The van der Waals surface area contributed by atoms with Gasteiger partial charge in [0.25, 0.3) is 5.91 Å². The number of nitrogens with zero attached hydrogens (tertiary/aromatic N) is 4. The van der Waals surface area contributed by atoms with Crippen LogP contribution in [-0.4, -0.2) is 63.9 Å². The topological polar surface area (TPSA) is 63.8 Å². The molecule has 0 unspecified atom stereocenters. The van der Waals surface area contributed by atoms with Crippen LogP contribution in [0, 0.1) is 5.92 Å². The number of fused-ring (bicyclic) bond motifs is 1. The summed E-state index contributed by atoms with van der Waals surface area (Å²) in [5.74, 6) is 0.583. The zero-order chi connectivity index (χ0) is 17.1. The highest BCUT2D eigenvalue weighted by Gasteiger charge is 2.21. The first-order valence-corrected chi connectivity index (χ1v) is 8.65. The molecule has 132 valence electrons. The van der Waals surface area contributed by atoms with Gasteiger partial charge in [-0.05, 0) is 12.3 Å². The zero-order valence-corrected chi connectivity index (χ0v) is 14.7. The summed E-state index contributed by atoms with van der Waals surface area (Å²) in [6.07, 6.45) is 6.37. The molecule has 2 aromatic heterocycles. The Morgan fingerprint density at radius 3 is 3.08 bits per heavy atom. The number of aryl methyl sites for hydroxylation is 1. The van der Waals surface area contributed by atoms with Gasteiger partial charge in [-0.1, -0.05) is 13.8 Å². The summed E-state index contributed by atoms with van der Waals surface area (Å²) in [7, 11) is 1.91. The lowest BCUT2D eigenvalue weighted by Crippen LogP contribution is -2.45. The minimum absolute atomic E-state index is 0.0818. The lowest BCUT2D eigenvalue weighted by molar-refractivity contribution is -0.0344. The molecule has 0 saturated carbocycles. The first-order valence-electron chi connectivity index (χ1n) is 8.65. The summed E-state index contributed by atoms with van der Waals surface area (Å²) in [6, 6.07) is 0. The number of carbonyl (C=O) groups is 1. The maximum Gasteiger partial charge on any atom is 0.256 e. The molecule has 1 aliphatic heterocycles. The van der Waals surface area contributed by atoms with Crippen LogP contribution in [0.3, 0.4) is 0 Å². The van der Waals surface area contributed by atoms with Gasteiger partial charge in [0.05, 0.1) is 18.9 Å². The third kappa shape index (κ3) is 3.79.